The maximum Gasteiger partial charge on any atom is 0.257 e. The van der Waals surface area contributed by atoms with Crippen LogP contribution in [0.3, 0.4) is 0 Å². The second-order valence-corrected chi connectivity index (χ2v) is 14.4. The summed E-state index contributed by atoms with van der Waals surface area (Å²) in [6.45, 7) is 6.47. The number of carbonyl (C=O) groups excluding carboxylic acids is 4. The van der Waals surface area contributed by atoms with E-state index in [-0.39, 0.29) is 60.7 Å². The van der Waals surface area contributed by atoms with Gasteiger partial charge in [-0.2, -0.15) is 0 Å². The average Bonchev–Trinajstić information content (AvgIpc) is 3.62. The molecule has 0 aliphatic carbocycles. The second kappa shape index (κ2) is 15.3. The van der Waals surface area contributed by atoms with Gasteiger partial charge < -0.3 is 19.3 Å². The van der Waals surface area contributed by atoms with E-state index in [1.165, 1.54) is 6.92 Å². The summed E-state index contributed by atoms with van der Waals surface area (Å²) in [5.41, 5.74) is 2.99. The quantitative estimate of drug-likeness (QED) is 0.194. The molecule has 0 bridgehead atoms. The Morgan fingerprint density at radius 1 is 1.12 bits per heavy atom. The zero-order valence-corrected chi connectivity index (χ0v) is 28.8. The van der Waals surface area contributed by atoms with Crippen LogP contribution < -0.4 is 10.3 Å². The van der Waals surface area contributed by atoms with Gasteiger partial charge in [-0.1, -0.05) is 5.16 Å². The van der Waals surface area contributed by atoms with Crippen molar-refractivity contribution in [3.8, 4) is 5.75 Å². The molecule has 3 aliphatic heterocycles. The smallest absolute Gasteiger partial charge is 0.257 e. The van der Waals surface area contributed by atoms with Crippen LogP contribution in [-0.4, -0.2) is 96.8 Å². The van der Waals surface area contributed by atoms with E-state index in [0.29, 0.717) is 48.7 Å². The van der Waals surface area contributed by atoms with E-state index in [2.05, 4.69) is 15.0 Å². The molecule has 2 unspecified atom stereocenters. The molecule has 262 valence electrons. The fraction of sp³-hybridized carbons (Fsp3) is 0.571. The summed E-state index contributed by atoms with van der Waals surface area (Å²) in [4.78, 5) is 69.6. The molecule has 0 saturated carbocycles. The van der Waals surface area contributed by atoms with Crippen LogP contribution in [-0.2, 0) is 32.1 Å². The fourth-order valence-corrected chi connectivity index (χ4v) is 7.92. The summed E-state index contributed by atoms with van der Waals surface area (Å²) in [5.74, 6) is 0.453. The monoisotopic (exact) mass is 693 g/mol. The number of rotatable bonds is 14. The molecule has 13 nitrogen and oxygen atoms in total. The Balaban J connectivity index is 0.943. The number of Topliss-reactive ketones (excluding diaryl/α,β-unsaturated/α-hetero) is 2. The maximum absolute atomic E-state index is 13.1. The van der Waals surface area contributed by atoms with Crippen molar-refractivity contribution < 1.29 is 33.5 Å². The molecule has 2 aromatic heterocycles. The molecule has 2 fully saturated rings. The molecule has 2 saturated heterocycles. The van der Waals surface area contributed by atoms with Gasteiger partial charge in [-0.3, -0.25) is 33.4 Å². The van der Waals surface area contributed by atoms with Gasteiger partial charge in [0.2, 0.25) is 11.8 Å². The molecule has 0 radical (unpaired) electrons. The summed E-state index contributed by atoms with van der Waals surface area (Å²) < 4.78 is 13.2. The van der Waals surface area contributed by atoms with E-state index in [1.54, 1.807) is 10.6 Å². The lowest BCUT2D eigenvalue weighted by Crippen LogP contribution is -2.37. The largest absolute Gasteiger partial charge is 0.493 e. The standard InChI is InChI=1S/C35H43N5O8S/c1-21(41)20-49-30-18-31(44)40(35(30)46)19-24(42)5-4-16-47-25-7-8-27-29(17-25)48-37-32(27)23-9-13-38(14-10-23)15-11-26-22(2)36-33-28(43)6-3-12-39(33)34(26)45/h7-8,17,23,28,30,43H,3-6,9-16,18-20H2,1-2H3. The van der Waals surface area contributed by atoms with Crippen LogP contribution in [0.4, 0.5) is 0 Å². The predicted octanol–water partition coefficient (Wildman–Crippen LogP) is 3.12. The number of nitrogens with zero attached hydrogens (tertiary/aromatic N) is 5. The summed E-state index contributed by atoms with van der Waals surface area (Å²) >= 11 is 1.15. The Labute approximate surface area is 288 Å². The fourth-order valence-electron chi connectivity index (χ4n) is 6.95. The van der Waals surface area contributed by atoms with Gasteiger partial charge in [0.25, 0.3) is 5.56 Å². The third-order valence-electron chi connectivity index (χ3n) is 9.67. The Kier molecular flexibility index (Phi) is 10.9. The highest BCUT2D eigenvalue weighted by Gasteiger charge is 2.39. The average molecular weight is 694 g/mol. The molecule has 1 aromatic carbocycles. The van der Waals surface area contributed by atoms with E-state index in [4.69, 9.17) is 9.26 Å². The van der Waals surface area contributed by atoms with Gasteiger partial charge in [-0.15, -0.1) is 11.8 Å². The van der Waals surface area contributed by atoms with Gasteiger partial charge in [-0.05, 0) is 77.6 Å². The minimum Gasteiger partial charge on any atom is -0.493 e. The molecule has 3 aliphatic rings. The molecule has 1 N–H and O–H groups in total. The Hall–Kier alpha value is -3.88. The first-order valence-corrected chi connectivity index (χ1v) is 18.1. The number of aryl methyl sites for hydroxylation is 1. The lowest BCUT2D eigenvalue weighted by Gasteiger charge is -2.31. The number of likely N-dealkylation sites (tertiary alicyclic amines) is 2. The highest BCUT2D eigenvalue weighted by Crippen LogP contribution is 2.34. The SMILES string of the molecule is CC(=O)CSC1CC(=O)N(CC(=O)CCCOc2ccc3c(C4CCN(CCc5c(C)nc6n(c5=O)CCCC6O)CC4)noc3c2)C1=O. The lowest BCUT2D eigenvalue weighted by molar-refractivity contribution is -0.141. The summed E-state index contributed by atoms with van der Waals surface area (Å²) in [7, 11) is 0. The number of piperidine rings is 1. The van der Waals surface area contributed by atoms with Crippen molar-refractivity contribution in [3.05, 3.63) is 51.3 Å². The number of amides is 2. The molecule has 3 aromatic rings. The van der Waals surface area contributed by atoms with Crippen molar-refractivity contribution in [1.29, 1.82) is 0 Å². The number of hydrogen-bond acceptors (Lipinski definition) is 12. The number of carbonyl (C=O) groups is 4. The molecule has 5 heterocycles. The number of benzene rings is 1. The van der Waals surface area contributed by atoms with Crippen molar-refractivity contribution in [3.63, 3.8) is 0 Å². The molecular weight excluding hydrogens is 650 g/mol. The van der Waals surface area contributed by atoms with E-state index >= 15 is 0 Å². The molecule has 49 heavy (non-hydrogen) atoms. The zero-order valence-electron chi connectivity index (χ0n) is 28.0. The topological polar surface area (TPSA) is 165 Å². The minimum absolute atomic E-state index is 0.0170. The molecule has 2 atom stereocenters. The normalized spacial score (nSPS) is 20.3. The van der Waals surface area contributed by atoms with E-state index in [9.17, 15) is 29.1 Å². The van der Waals surface area contributed by atoms with Crippen LogP contribution in [0.1, 0.15) is 86.7 Å². The summed E-state index contributed by atoms with van der Waals surface area (Å²) in [6.07, 6.45) is 3.84. The molecular formula is C35H43N5O8S. The van der Waals surface area contributed by atoms with Gasteiger partial charge in [0.05, 0.1) is 29.8 Å². The Morgan fingerprint density at radius 2 is 1.92 bits per heavy atom. The van der Waals surface area contributed by atoms with Crippen LogP contribution in [0, 0.1) is 6.92 Å². The van der Waals surface area contributed by atoms with Crippen molar-refractivity contribution in [2.45, 2.75) is 89.0 Å². The number of aliphatic hydroxyl groups is 1. The van der Waals surface area contributed by atoms with Gasteiger partial charge in [-0.25, -0.2) is 4.98 Å². The number of fused-ring (bicyclic) bond motifs is 2. The highest BCUT2D eigenvalue weighted by atomic mass is 32.2. The van der Waals surface area contributed by atoms with Crippen molar-refractivity contribution in [2.75, 3.05) is 38.5 Å². The highest BCUT2D eigenvalue weighted by molar-refractivity contribution is 8.01. The van der Waals surface area contributed by atoms with E-state index < -0.39 is 17.3 Å². The molecule has 2 amide bonds. The van der Waals surface area contributed by atoms with Crippen LogP contribution in [0.25, 0.3) is 11.0 Å². The first kappa shape index (κ1) is 35.0. The first-order chi connectivity index (χ1) is 23.6. The predicted molar refractivity (Wildman–Crippen MR) is 182 cm³/mol. The van der Waals surface area contributed by atoms with Gasteiger partial charge >= 0.3 is 0 Å². The number of ketones is 2. The molecule has 0 spiro atoms. The Bertz CT molecular complexity index is 1800. The number of ether oxygens (including phenoxy) is 1. The van der Waals surface area contributed by atoms with Crippen molar-refractivity contribution in [1.82, 2.24) is 24.5 Å². The first-order valence-electron chi connectivity index (χ1n) is 17.1. The van der Waals surface area contributed by atoms with Crippen molar-refractivity contribution >= 4 is 46.1 Å². The van der Waals surface area contributed by atoms with Gasteiger partial charge in [0.1, 0.15) is 23.5 Å². The van der Waals surface area contributed by atoms with Crippen LogP contribution in [0.2, 0.25) is 0 Å². The van der Waals surface area contributed by atoms with E-state index in [0.717, 1.165) is 72.2 Å². The molecule has 14 heteroatoms. The number of thioether (sulfide) groups is 1. The number of imide groups is 1. The van der Waals surface area contributed by atoms with Crippen LogP contribution in [0.15, 0.2) is 27.5 Å². The summed E-state index contributed by atoms with van der Waals surface area (Å²) in [6, 6.07) is 5.62. The van der Waals surface area contributed by atoms with Crippen LogP contribution >= 0.6 is 11.8 Å². The number of aromatic nitrogens is 3. The number of hydrogen-bond donors (Lipinski definition) is 1. The summed E-state index contributed by atoms with van der Waals surface area (Å²) in [5, 5.41) is 15.0. The maximum atomic E-state index is 13.1. The lowest BCUT2D eigenvalue weighted by atomic mass is 9.91. The van der Waals surface area contributed by atoms with E-state index in [1.807, 2.05) is 19.1 Å². The second-order valence-electron chi connectivity index (χ2n) is 13.3. The third kappa shape index (κ3) is 7.97. The molecule has 6 rings (SSSR count). The zero-order chi connectivity index (χ0) is 34.7. The van der Waals surface area contributed by atoms with Crippen molar-refractivity contribution in [2.24, 2.45) is 0 Å². The van der Waals surface area contributed by atoms with Crippen LogP contribution in [0.5, 0.6) is 5.75 Å². The number of aliphatic hydroxyl groups excluding tert-OH is 1. The Morgan fingerprint density at radius 3 is 2.69 bits per heavy atom. The van der Waals surface area contributed by atoms with Gasteiger partial charge in [0, 0.05) is 54.6 Å². The third-order valence-corrected chi connectivity index (χ3v) is 11.0. The van der Waals surface area contributed by atoms with Gasteiger partial charge in [0.15, 0.2) is 11.4 Å². The minimum atomic E-state index is -0.670.